The van der Waals surface area contributed by atoms with E-state index in [4.69, 9.17) is 0 Å². The second kappa shape index (κ2) is 8.33. The Morgan fingerprint density at radius 3 is 2.00 bits per heavy atom. The Morgan fingerprint density at radius 2 is 1.48 bits per heavy atom. The van der Waals surface area contributed by atoms with Crippen molar-refractivity contribution in [2.75, 3.05) is 0 Å². The van der Waals surface area contributed by atoms with Crippen LogP contribution in [0.2, 0.25) is 0 Å². The highest BCUT2D eigenvalue weighted by atomic mass is 16.1. The van der Waals surface area contributed by atoms with Gasteiger partial charge in [0.25, 0.3) is 5.56 Å². The zero-order chi connectivity index (χ0) is 21.3. The first-order valence-electron chi connectivity index (χ1n) is 11.2. The lowest BCUT2D eigenvalue weighted by atomic mass is 9.85. The van der Waals surface area contributed by atoms with Crippen LogP contribution in [0, 0.1) is 12.3 Å². The van der Waals surface area contributed by atoms with E-state index in [1.165, 1.54) is 16.7 Å². The molecular formula is C25H36N2O2. The van der Waals surface area contributed by atoms with Crippen LogP contribution < -0.4 is 5.56 Å². The number of rotatable bonds is 5. The lowest BCUT2D eigenvalue weighted by molar-refractivity contribution is -0.125. The lowest BCUT2D eigenvalue weighted by Gasteiger charge is -2.20. The molecule has 0 aliphatic carbocycles. The van der Waals surface area contributed by atoms with Gasteiger partial charge in [0.05, 0.1) is 11.3 Å². The van der Waals surface area contributed by atoms with Crippen molar-refractivity contribution in [2.24, 2.45) is 5.41 Å². The minimum atomic E-state index is -0.422. The van der Waals surface area contributed by atoms with Crippen LogP contribution in [0.15, 0.2) is 16.9 Å². The van der Waals surface area contributed by atoms with E-state index in [0.717, 1.165) is 62.0 Å². The van der Waals surface area contributed by atoms with Gasteiger partial charge in [-0.15, -0.1) is 0 Å². The van der Waals surface area contributed by atoms with Gasteiger partial charge in [0.2, 0.25) is 0 Å². The summed E-state index contributed by atoms with van der Waals surface area (Å²) >= 11 is 0. The van der Waals surface area contributed by atoms with E-state index in [0.29, 0.717) is 6.42 Å². The van der Waals surface area contributed by atoms with Gasteiger partial charge in [-0.25, -0.2) is 4.68 Å². The Kier molecular flexibility index (Phi) is 6.21. The van der Waals surface area contributed by atoms with Crippen LogP contribution in [0.4, 0.5) is 0 Å². The molecular weight excluding hydrogens is 360 g/mol. The number of Topliss-reactive ketones (excluding diaryl/α,β-unsaturated/α-hetero) is 1. The highest BCUT2D eigenvalue weighted by molar-refractivity contribution is 5.88. The van der Waals surface area contributed by atoms with E-state index in [-0.39, 0.29) is 11.3 Å². The molecule has 158 valence electrons. The number of ketones is 1. The number of hydrogen-bond acceptors (Lipinski definition) is 2. The van der Waals surface area contributed by atoms with E-state index < -0.39 is 5.41 Å². The molecule has 0 spiro atoms. The van der Waals surface area contributed by atoms with Crippen molar-refractivity contribution in [2.45, 2.75) is 93.2 Å². The minimum absolute atomic E-state index is 0.0804. The molecule has 0 N–H and O–H groups in total. The van der Waals surface area contributed by atoms with Crippen molar-refractivity contribution in [1.82, 2.24) is 9.36 Å². The summed E-state index contributed by atoms with van der Waals surface area (Å²) in [5.74, 6) is 0.187. The molecule has 1 aromatic carbocycles. The molecule has 0 saturated heterocycles. The van der Waals surface area contributed by atoms with Crippen LogP contribution in [-0.2, 0) is 37.1 Å². The fourth-order valence-corrected chi connectivity index (χ4v) is 4.48. The Bertz CT molecular complexity index is 945. The standard InChI is InChI=1S/C25H36N2O2/c1-7-18-14-17(3)15-19(8-2)22(18)23-20(16-21(28)25(4,5)6)26-12-10-9-11-13-27(26)24(23)29/h14-15H,7-13,16H2,1-6H3. The van der Waals surface area contributed by atoms with Gasteiger partial charge in [0, 0.05) is 24.9 Å². The van der Waals surface area contributed by atoms with E-state index >= 15 is 0 Å². The molecule has 1 aliphatic rings. The van der Waals surface area contributed by atoms with Crippen molar-refractivity contribution in [3.63, 3.8) is 0 Å². The van der Waals surface area contributed by atoms with Crippen molar-refractivity contribution >= 4 is 5.78 Å². The second-order valence-corrected chi connectivity index (χ2v) is 9.45. The number of aromatic nitrogens is 2. The third-order valence-electron chi connectivity index (χ3n) is 6.20. The van der Waals surface area contributed by atoms with Gasteiger partial charge in [0.1, 0.15) is 5.78 Å². The maximum absolute atomic E-state index is 13.7. The molecule has 3 rings (SSSR count). The van der Waals surface area contributed by atoms with Gasteiger partial charge < -0.3 is 0 Å². The average Bonchev–Trinajstić information content (AvgIpc) is 2.82. The molecule has 0 unspecified atom stereocenters. The first kappa shape index (κ1) is 21.6. The van der Waals surface area contributed by atoms with Crippen LogP contribution in [-0.4, -0.2) is 15.1 Å². The number of benzene rings is 1. The molecule has 0 atom stereocenters. The first-order chi connectivity index (χ1) is 13.7. The molecule has 0 amide bonds. The molecule has 1 aliphatic heterocycles. The van der Waals surface area contributed by atoms with E-state index in [9.17, 15) is 9.59 Å². The highest BCUT2D eigenvalue weighted by Crippen LogP contribution is 2.33. The normalized spacial score (nSPS) is 14.6. The predicted octanol–water partition coefficient (Wildman–Crippen LogP) is 5.09. The molecule has 4 nitrogen and oxygen atoms in total. The third-order valence-corrected chi connectivity index (χ3v) is 6.20. The van der Waals surface area contributed by atoms with Crippen molar-refractivity contribution in [1.29, 1.82) is 0 Å². The zero-order valence-corrected chi connectivity index (χ0v) is 19.0. The van der Waals surface area contributed by atoms with Gasteiger partial charge >= 0.3 is 0 Å². The van der Waals surface area contributed by atoms with Crippen LogP contribution in [0.1, 0.15) is 76.3 Å². The van der Waals surface area contributed by atoms with Crippen LogP contribution in [0.25, 0.3) is 11.1 Å². The summed E-state index contributed by atoms with van der Waals surface area (Å²) in [7, 11) is 0. The largest absolute Gasteiger partial charge is 0.299 e. The number of carbonyl (C=O) groups excluding carboxylic acids is 1. The average molecular weight is 397 g/mol. The van der Waals surface area contributed by atoms with Crippen LogP contribution >= 0.6 is 0 Å². The van der Waals surface area contributed by atoms with E-state index in [2.05, 4.69) is 37.6 Å². The van der Waals surface area contributed by atoms with Gasteiger partial charge in [-0.05, 0) is 55.7 Å². The maximum Gasteiger partial charge on any atom is 0.274 e. The number of aryl methyl sites for hydroxylation is 3. The molecule has 2 heterocycles. The van der Waals surface area contributed by atoms with Crippen LogP contribution in [0.3, 0.4) is 0 Å². The van der Waals surface area contributed by atoms with E-state index in [1.54, 1.807) is 0 Å². The van der Waals surface area contributed by atoms with Gasteiger partial charge in [-0.1, -0.05) is 52.3 Å². The number of fused-ring (bicyclic) bond motifs is 1. The lowest BCUT2D eigenvalue weighted by Crippen LogP contribution is -2.25. The van der Waals surface area contributed by atoms with Crippen LogP contribution in [0.5, 0.6) is 0 Å². The minimum Gasteiger partial charge on any atom is -0.299 e. The Hall–Kier alpha value is -2.10. The SMILES string of the molecule is CCc1cc(C)cc(CC)c1-c1c(CC(=O)C(C)(C)C)n2n(c1=O)CCCCC2. The molecule has 1 aromatic heterocycles. The molecule has 0 bridgehead atoms. The molecule has 2 aromatic rings. The monoisotopic (exact) mass is 396 g/mol. The summed E-state index contributed by atoms with van der Waals surface area (Å²) < 4.78 is 4.04. The van der Waals surface area contributed by atoms with Gasteiger partial charge in [-0.2, -0.15) is 0 Å². The van der Waals surface area contributed by atoms with Crippen molar-refractivity contribution in [3.05, 3.63) is 44.9 Å². The Labute approximate surface area is 174 Å². The molecule has 4 heteroatoms. The summed E-state index contributed by atoms with van der Waals surface area (Å²) in [5.41, 5.74) is 6.09. The third kappa shape index (κ3) is 4.12. The van der Waals surface area contributed by atoms with Crippen molar-refractivity contribution in [3.8, 4) is 11.1 Å². The molecule has 29 heavy (non-hydrogen) atoms. The van der Waals surface area contributed by atoms with Gasteiger partial charge in [0.15, 0.2) is 0 Å². The topological polar surface area (TPSA) is 44.0 Å². The zero-order valence-electron chi connectivity index (χ0n) is 19.0. The van der Waals surface area contributed by atoms with E-state index in [1.807, 2.05) is 25.5 Å². The Balaban J connectivity index is 2.33. The Morgan fingerprint density at radius 1 is 0.931 bits per heavy atom. The van der Waals surface area contributed by atoms with Gasteiger partial charge in [-0.3, -0.25) is 14.3 Å². The smallest absolute Gasteiger partial charge is 0.274 e. The number of nitrogens with zero attached hydrogens (tertiary/aromatic N) is 2. The fourth-order valence-electron chi connectivity index (χ4n) is 4.48. The highest BCUT2D eigenvalue weighted by Gasteiger charge is 2.30. The summed E-state index contributed by atoms with van der Waals surface area (Å²) in [6.07, 6.45) is 5.27. The maximum atomic E-state index is 13.7. The summed E-state index contributed by atoms with van der Waals surface area (Å²) in [4.78, 5) is 26.7. The summed E-state index contributed by atoms with van der Waals surface area (Å²) in [6.45, 7) is 13.9. The number of carbonyl (C=O) groups is 1. The van der Waals surface area contributed by atoms with Crippen molar-refractivity contribution < 1.29 is 4.79 Å². The molecule has 0 radical (unpaired) electrons. The molecule has 0 saturated carbocycles. The summed E-state index contributed by atoms with van der Waals surface area (Å²) in [5, 5.41) is 0. The predicted molar refractivity (Wildman–Crippen MR) is 120 cm³/mol. The number of hydrogen-bond donors (Lipinski definition) is 0. The fraction of sp³-hybridized carbons (Fsp3) is 0.600. The second-order valence-electron chi connectivity index (χ2n) is 9.45. The molecule has 0 fully saturated rings. The first-order valence-corrected chi connectivity index (χ1v) is 11.2. The quantitative estimate of drug-likeness (QED) is 0.706. The summed E-state index contributed by atoms with van der Waals surface area (Å²) in [6, 6.07) is 4.41.